The third-order valence-corrected chi connectivity index (χ3v) is 5.96. The molecule has 22 heavy (non-hydrogen) atoms. The van der Waals surface area contributed by atoms with Gasteiger partial charge < -0.3 is 5.32 Å². The summed E-state index contributed by atoms with van der Waals surface area (Å²) in [4.78, 5) is 10.2. The maximum absolute atomic E-state index is 12.7. The molecule has 1 N–H and O–H groups in total. The van der Waals surface area contributed by atoms with Crippen LogP contribution in [0.25, 0.3) is 0 Å². The van der Waals surface area contributed by atoms with Crippen LogP contribution in [0.3, 0.4) is 0 Å². The summed E-state index contributed by atoms with van der Waals surface area (Å²) in [5.41, 5.74) is -0.403. The molecule has 1 aliphatic rings. The van der Waals surface area contributed by atoms with Crippen molar-refractivity contribution in [2.75, 3.05) is 20.1 Å². The van der Waals surface area contributed by atoms with E-state index < -0.39 is 20.6 Å². The zero-order chi connectivity index (χ0) is 15.6. The molecule has 1 aromatic carbocycles. The summed E-state index contributed by atoms with van der Waals surface area (Å²) in [6.45, 7) is 0.922. The molecule has 0 spiro atoms. The van der Waals surface area contributed by atoms with E-state index in [1.165, 1.54) is 22.5 Å². The highest BCUT2D eigenvalue weighted by atomic mass is 79.9. The van der Waals surface area contributed by atoms with Gasteiger partial charge in [-0.3, -0.25) is 10.1 Å². The number of sulfonamides is 1. The minimum absolute atomic E-state index is 0. The van der Waals surface area contributed by atoms with Crippen molar-refractivity contribution >= 4 is 44.0 Å². The molecular formula is C12H17BrClN3O4S. The van der Waals surface area contributed by atoms with Crippen molar-refractivity contribution in [3.05, 3.63) is 32.8 Å². The second-order valence-corrected chi connectivity index (χ2v) is 7.61. The Morgan fingerprint density at radius 1 is 1.50 bits per heavy atom. The Morgan fingerprint density at radius 3 is 2.77 bits per heavy atom. The van der Waals surface area contributed by atoms with Crippen molar-refractivity contribution in [3.8, 4) is 0 Å². The molecule has 124 valence electrons. The van der Waals surface area contributed by atoms with Crippen LogP contribution < -0.4 is 5.32 Å². The fourth-order valence-corrected chi connectivity index (χ4v) is 4.72. The van der Waals surface area contributed by atoms with Crippen molar-refractivity contribution in [1.29, 1.82) is 0 Å². The molecule has 1 aliphatic heterocycles. The Balaban J connectivity index is 0.00000242. The lowest BCUT2D eigenvalue weighted by molar-refractivity contribution is -0.387. The zero-order valence-corrected chi connectivity index (χ0v) is 15.1. The lowest BCUT2D eigenvalue weighted by Gasteiger charge is -2.23. The highest BCUT2D eigenvalue weighted by Gasteiger charge is 2.38. The first-order valence-electron chi connectivity index (χ1n) is 6.48. The molecule has 0 aromatic heterocycles. The number of nitrogens with zero attached hydrogens (tertiary/aromatic N) is 2. The van der Waals surface area contributed by atoms with Crippen molar-refractivity contribution in [3.63, 3.8) is 0 Å². The van der Waals surface area contributed by atoms with Gasteiger partial charge in [0.1, 0.15) is 0 Å². The first-order valence-corrected chi connectivity index (χ1v) is 8.71. The van der Waals surface area contributed by atoms with Crippen molar-refractivity contribution in [2.24, 2.45) is 0 Å². The lowest BCUT2D eigenvalue weighted by atomic mass is 10.2. The number of hydrogen-bond acceptors (Lipinski definition) is 5. The number of hydrogen-bond donors (Lipinski definition) is 1. The van der Waals surface area contributed by atoms with E-state index in [2.05, 4.69) is 21.2 Å². The third-order valence-electron chi connectivity index (χ3n) is 3.47. The van der Waals surface area contributed by atoms with Crippen LogP contribution in [-0.2, 0) is 10.0 Å². The van der Waals surface area contributed by atoms with Gasteiger partial charge in [-0.25, -0.2) is 8.42 Å². The van der Waals surface area contributed by atoms with Gasteiger partial charge in [-0.15, -0.1) is 12.4 Å². The predicted molar refractivity (Wildman–Crippen MR) is 88.9 cm³/mol. The second kappa shape index (κ2) is 7.69. The van der Waals surface area contributed by atoms with E-state index in [9.17, 15) is 18.5 Å². The van der Waals surface area contributed by atoms with Crippen LogP contribution in [0.4, 0.5) is 5.69 Å². The molecule has 1 fully saturated rings. The van der Waals surface area contributed by atoms with Crippen LogP contribution in [-0.4, -0.2) is 43.8 Å². The molecule has 1 saturated heterocycles. The summed E-state index contributed by atoms with van der Waals surface area (Å²) in [5, 5.41) is 14.1. The number of rotatable bonds is 5. The van der Waals surface area contributed by atoms with E-state index >= 15 is 0 Å². The van der Waals surface area contributed by atoms with Crippen molar-refractivity contribution in [1.82, 2.24) is 9.62 Å². The van der Waals surface area contributed by atoms with Gasteiger partial charge in [0.15, 0.2) is 4.90 Å². The first-order chi connectivity index (χ1) is 9.87. The first kappa shape index (κ1) is 19.3. The Bertz CT molecular complexity index is 656. The van der Waals surface area contributed by atoms with Gasteiger partial charge in [-0.05, 0) is 32.0 Å². The molecule has 0 bridgehead atoms. The largest absolute Gasteiger partial charge is 0.318 e. The fraction of sp³-hybridized carbons (Fsp3) is 0.500. The summed E-state index contributed by atoms with van der Waals surface area (Å²) in [6, 6.07) is 3.84. The van der Waals surface area contributed by atoms with E-state index in [0.29, 0.717) is 17.6 Å². The van der Waals surface area contributed by atoms with Crippen LogP contribution in [0.1, 0.15) is 12.8 Å². The summed E-state index contributed by atoms with van der Waals surface area (Å²) in [7, 11) is -2.12. The number of benzene rings is 1. The van der Waals surface area contributed by atoms with Crippen LogP contribution in [0.5, 0.6) is 0 Å². The maximum Gasteiger partial charge on any atom is 0.290 e. The zero-order valence-electron chi connectivity index (χ0n) is 11.9. The van der Waals surface area contributed by atoms with Crippen LogP contribution >= 0.6 is 28.3 Å². The Morgan fingerprint density at radius 2 is 2.18 bits per heavy atom. The standard InChI is InChI=1S/C12H16BrN3O4S.ClH/c1-14-8-10-3-2-6-15(10)21(19,20)12-5-4-9(13)7-11(12)16(17)18;/h4-5,7,10,14H,2-3,6,8H2,1H3;1H. The van der Waals surface area contributed by atoms with E-state index in [-0.39, 0.29) is 23.3 Å². The number of nitro benzene ring substituents is 1. The number of halogens is 2. The van der Waals surface area contributed by atoms with Gasteiger partial charge in [0, 0.05) is 29.7 Å². The van der Waals surface area contributed by atoms with Gasteiger partial charge in [-0.2, -0.15) is 4.31 Å². The number of nitrogens with one attached hydrogen (secondary N) is 1. The summed E-state index contributed by atoms with van der Waals surface area (Å²) < 4.78 is 27.3. The molecule has 1 heterocycles. The predicted octanol–water partition coefficient (Wildman–Crippen LogP) is 2.15. The molecule has 1 unspecified atom stereocenters. The van der Waals surface area contributed by atoms with Gasteiger partial charge in [0.25, 0.3) is 5.69 Å². The summed E-state index contributed by atoms with van der Waals surface area (Å²) in [6.07, 6.45) is 1.51. The Labute approximate surface area is 143 Å². The molecule has 1 aromatic rings. The van der Waals surface area contributed by atoms with Crippen molar-refractivity contribution < 1.29 is 13.3 Å². The highest BCUT2D eigenvalue weighted by molar-refractivity contribution is 9.10. The minimum Gasteiger partial charge on any atom is -0.318 e. The Hall–Kier alpha value is -0.740. The van der Waals surface area contributed by atoms with E-state index in [4.69, 9.17) is 0 Å². The third kappa shape index (κ3) is 3.77. The van der Waals surface area contributed by atoms with Crippen molar-refractivity contribution in [2.45, 2.75) is 23.8 Å². The molecule has 0 radical (unpaired) electrons. The van der Waals surface area contributed by atoms with Crippen LogP contribution in [0, 0.1) is 10.1 Å². The SMILES string of the molecule is CNCC1CCCN1S(=O)(=O)c1ccc(Br)cc1[N+](=O)[O-].Cl. The van der Waals surface area contributed by atoms with Gasteiger partial charge in [0.05, 0.1) is 4.92 Å². The van der Waals surface area contributed by atoms with E-state index in [1.807, 2.05) is 0 Å². The maximum atomic E-state index is 12.7. The van der Waals surface area contributed by atoms with Crippen LogP contribution in [0.15, 0.2) is 27.6 Å². The molecule has 0 amide bonds. The topological polar surface area (TPSA) is 92.6 Å². The van der Waals surface area contributed by atoms with E-state index in [0.717, 1.165) is 12.8 Å². The normalized spacial score (nSPS) is 18.9. The van der Waals surface area contributed by atoms with Gasteiger partial charge >= 0.3 is 0 Å². The second-order valence-electron chi connectivity index (χ2n) is 4.84. The summed E-state index contributed by atoms with van der Waals surface area (Å²) in [5.74, 6) is 0. The molecule has 0 aliphatic carbocycles. The monoisotopic (exact) mass is 413 g/mol. The lowest BCUT2D eigenvalue weighted by Crippen LogP contribution is -2.40. The fourth-order valence-electron chi connectivity index (χ4n) is 2.54. The Kier molecular flexibility index (Phi) is 6.75. The average Bonchev–Trinajstić information content (AvgIpc) is 2.87. The molecule has 10 heteroatoms. The highest BCUT2D eigenvalue weighted by Crippen LogP contribution is 2.33. The molecule has 2 rings (SSSR count). The molecule has 0 saturated carbocycles. The number of likely N-dealkylation sites (N-methyl/N-ethyl adjacent to an activating group) is 1. The van der Waals surface area contributed by atoms with Crippen LogP contribution in [0.2, 0.25) is 0 Å². The van der Waals surface area contributed by atoms with Gasteiger partial charge in [-0.1, -0.05) is 15.9 Å². The van der Waals surface area contributed by atoms with Gasteiger partial charge in [0.2, 0.25) is 10.0 Å². The van der Waals surface area contributed by atoms with E-state index in [1.54, 1.807) is 7.05 Å². The minimum atomic E-state index is -3.87. The smallest absolute Gasteiger partial charge is 0.290 e. The molecular weight excluding hydrogens is 398 g/mol. The summed E-state index contributed by atoms with van der Waals surface area (Å²) >= 11 is 3.13. The number of nitro groups is 1. The molecule has 1 atom stereocenters. The quantitative estimate of drug-likeness (QED) is 0.589. The molecule has 7 nitrogen and oxygen atoms in total. The average molecular weight is 415 g/mol.